The molecule has 0 aromatic rings. The fraction of sp³-hybridized carbons (Fsp3) is 0.905. The molecule has 1 atom stereocenters. The fourth-order valence-corrected chi connectivity index (χ4v) is 3.26. The normalized spacial score (nSPS) is 16.1. The monoisotopic (exact) mass is 525 g/mol. The zero-order valence-corrected chi connectivity index (χ0v) is 21.5. The smallest absolute Gasteiger partial charge is 0.407 e. The number of amides is 1. The largest absolute Gasteiger partial charge is 0.444 e. The molecule has 0 aromatic carbocycles. The molecule has 1 unspecified atom stereocenters. The molecule has 1 aliphatic rings. The Balaban J connectivity index is 0.00000784. The van der Waals surface area contributed by atoms with Crippen molar-refractivity contribution >= 4 is 36.0 Å². The molecule has 1 amide bonds. The van der Waals surface area contributed by atoms with Crippen molar-refractivity contribution in [1.29, 1.82) is 0 Å². The number of halogens is 1. The van der Waals surface area contributed by atoms with E-state index in [-0.39, 0.29) is 36.1 Å². The highest BCUT2D eigenvalue weighted by Gasteiger charge is 2.18. The van der Waals surface area contributed by atoms with Gasteiger partial charge in [0, 0.05) is 26.2 Å². The third-order valence-electron chi connectivity index (χ3n) is 4.75. The molecule has 1 saturated heterocycles. The summed E-state index contributed by atoms with van der Waals surface area (Å²) in [6.07, 6.45) is 7.86. The van der Waals surface area contributed by atoms with Crippen molar-refractivity contribution in [2.75, 3.05) is 39.8 Å². The summed E-state index contributed by atoms with van der Waals surface area (Å²) in [5, 5.41) is 9.72. The molecule has 172 valence electrons. The number of nitrogens with zero attached hydrogens (tertiary/aromatic N) is 2. The summed E-state index contributed by atoms with van der Waals surface area (Å²) in [4.78, 5) is 18.8. The van der Waals surface area contributed by atoms with Crippen molar-refractivity contribution < 1.29 is 9.53 Å². The fourth-order valence-electron chi connectivity index (χ4n) is 3.26. The number of ether oxygens (including phenoxy) is 1. The Bertz CT molecular complexity index is 462. The highest BCUT2D eigenvalue weighted by Crippen LogP contribution is 2.08. The molecule has 0 aliphatic carbocycles. The Labute approximate surface area is 195 Å². The van der Waals surface area contributed by atoms with Crippen molar-refractivity contribution in [1.82, 2.24) is 20.9 Å². The number of hydrogen-bond acceptors (Lipinski definition) is 4. The molecule has 29 heavy (non-hydrogen) atoms. The summed E-state index contributed by atoms with van der Waals surface area (Å²) in [5.41, 5.74) is -0.483. The number of alkyl carbamates (subject to hydrolysis) is 1. The second-order valence-corrected chi connectivity index (χ2v) is 8.62. The molecular weight excluding hydrogens is 481 g/mol. The Morgan fingerprint density at radius 2 is 1.83 bits per heavy atom. The second kappa shape index (κ2) is 16.0. The maximum atomic E-state index is 11.9. The quantitative estimate of drug-likeness (QED) is 0.166. The average molecular weight is 526 g/mol. The number of hydrogen-bond donors (Lipinski definition) is 3. The first-order valence-corrected chi connectivity index (χ1v) is 11.0. The van der Waals surface area contributed by atoms with Crippen LogP contribution < -0.4 is 16.0 Å². The van der Waals surface area contributed by atoms with Gasteiger partial charge in [-0.2, -0.15) is 0 Å². The number of carbonyl (C=O) groups is 1. The lowest BCUT2D eigenvalue weighted by Gasteiger charge is -2.24. The molecule has 1 heterocycles. The molecule has 0 radical (unpaired) electrons. The maximum absolute atomic E-state index is 11.9. The highest BCUT2D eigenvalue weighted by atomic mass is 127. The first-order chi connectivity index (χ1) is 13.3. The summed E-state index contributed by atoms with van der Waals surface area (Å²) in [7, 11) is 1.79. The molecule has 1 aliphatic heterocycles. The van der Waals surface area contributed by atoms with Gasteiger partial charge in [0.15, 0.2) is 5.96 Å². The van der Waals surface area contributed by atoms with Crippen LogP contribution in [0.2, 0.25) is 0 Å². The van der Waals surface area contributed by atoms with E-state index in [0.717, 1.165) is 38.2 Å². The van der Waals surface area contributed by atoms with Crippen molar-refractivity contribution in [3.8, 4) is 0 Å². The van der Waals surface area contributed by atoms with Crippen LogP contribution in [-0.4, -0.2) is 68.4 Å². The molecule has 7 nitrogen and oxygen atoms in total. The molecular formula is C21H44IN5O2. The van der Waals surface area contributed by atoms with Crippen LogP contribution in [0.25, 0.3) is 0 Å². The standard InChI is InChI=1S/C21H43N5O2.HI/c1-6-7-12-18(17-24-20(27)28-21(2,3)4)25-19(22-5)23-13-8-9-14-26-15-10-11-16-26;/h18H,6-17H2,1-5H3,(H,24,27)(H2,22,23,25);1H. The first-order valence-electron chi connectivity index (χ1n) is 11.0. The number of rotatable bonds is 11. The van der Waals surface area contributed by atoms with E-state index in [2.05, 4.69) is 32.8 Å². The Morgan fingerprint density at radius 3 is 2.41 bits per heavy atom. The van der Waals surface area contributed by atoms with Gasteiger partial charge in [-0.25, -0.2) is 4.79 Å². The minimum atomic E-state index is -0.483. The lowest BCUT2D eigenvalue weighted by Crippen LogP contribution is -2.49. The van der Waals surface area contributed by atoms with E-state index in [0.29, 0.717) is 6.54 Å². The average Bonchev–Trinajstić information content (AvgIpc) is 3.14. The molecule has 0 spiro atoms. The van der Waals surface area contributed by atoms with Crippen LogP contribution >= 0.6 is 24.0 Å². The van der Waals surface area contributed by atoms with Crippen molar-refractivity contribution in [2.24, 2.45) is 4.99 Å². The van der Waals surface area contributed by atoms with Crippen LogP contribution in [0.1, 0.15) is 72.6 Å². The van der Waals surface area contributed by atoms with Gasteiger partial charge in [0.1, 0.15) is 5.60 Å². The number of carbonyl (C=O) groups excluding carboxylic acids is 1. The Kier molecular flexibility index (Phi) is 15.6. The molecule has 0 aromatic heterocycles. The zero-order valence-electron chi connectivity index (χ0n) is 19.2. The highest BCUT2D eigenvalue weighted by molar-refractivity contribution is 14.0. The van der Waals surface area contributed by atoms with E-state index < -0.39 is 5.60 Å². The van der Waals surface area contributed by atoms with Crippen LogP contribution in [0.5, 0.6) is 0 Å². The van der Waals surface area contributed by atoms with Crippen LogP contribution in [0.3, 0.4) is 0 Å². The van der Waals surface area contributed by atoms with E-state index in [1.54, 1.807) is 7.05 Å². The SMILES string of the molecule is CCCCC(CNC(=O)OC(C)(C)C)NC(=NC)NCCCCN1CCCC1.I. The summed E-state index contributed by atoms with van der Waals surface area (Å²) in [6.45, 7) is 12.9. The van der Waals surface area contributed by atoms with Gasteiger partial charge in [-0.15, -0.1) is 24.0 Å². The first kappa shape index (κ1) is 28.2. The Hall–Kier alpha value is -0.770. The van der Waals surface area contributed by atoms with E-state index in [9.17, 15) is 4.79 Å². The minimum absolute atomic E-state index is 0. The molecule has 1 rings (SSSR count). The van der Waals surface area contributed by atoms with Crippen LogP contribution in [0.15, 0.2) is 4.99 Å². The van der Waals surface area contributed by atoms with E-state index in [1.807, 2.05) is 20.8 Å². The number of likely N-dealkylation sites (tertiary alicyclic amines) is 1. The van der Waals surface area contributed by atoms with Gasteiger partial charge < -0.3 is 25.6 Å². The van der Waals surface area contributed by atoms with Crippen molar-refractivity contribution in [3.05, 3.63) is 0 Å². The van der Waals surface area contributed by atoms with Gasteiger partial charge >= 0.3 is 6.09 Å². The van der Waals surface area contributed by atoms with Crippen LogP contribution in [0.4, 0.5) is 4.79 Å². The zero-order chi connectivity index (χ0) is 20.8. The van der Waals surface area contributed by atoms with Gasteiger partial charge in [-0.05, 0) is 72.5 Å². The van der Waals surface area contributed by atoms with Gasteiger partial charge in [-0.1, -0.05) is 19.8 Å². The van der Waals surface area contributed by atoms with E-state index in [1.165, 1.54) is 38.9 Å². The predicted octanol–water partition coefficient (Wildman–Crippen LogP) is 3.73. The number of aliphatic imine (C=N–C) groups is 1. The summed E-state index contributed by atoms with van der Waals surface area (Å²) < 4.78 is 5.33. The molecule has 3 N–H and O–H groups in total. The molecule has 0 bridgehead atoms. The molecule has 0 saturated carbocycles. The third kappa shape index (κ3) is 14.8. The van der Waals surface area contributed by atoms with Gasteiger partial charge in [0.25, 0.3) is 0 Å². The summed E-state index contributed by atoms with van der Waals surface area (Å²) >= 11 is 0. The predicted molar refractivity (Wildman–Crippen MR) is 132 cm³/mol. The van der Waals surface area contributed by atoms with E-state index >= 15 is 0 Å². The van der Waals surface area contributed by atoms with Crippen molar-refractivity contribution in [3.63, 3.8) is 0 Å². The molecule has 8 heteroatoms. The van der Waals surface area contributed by atoms with Crippen LogP contribution in [0, 0.1) is 0 Å². The van der Waals surface area contributed by atoms with E-state index in [4.69, 9.17) is 4.74 Å². The van der Waals surface area contributed by atoms with Gasteiger partial charge in [-0.3, -0.25) is 4.99 Å². The number of unbranched alkanes of at least 4 members (excludes halogenated alkanes) is 2. The van der Waals surface area contributed by atoms with Gasteiger partial charge in [0.05, 0.1) is 0 Å². The summed E-state index contributed by atoms with van der Waals surface area (Å²) in [6, 6.07) is 0.128. The number of nitrogens with one attached hydrogen (secondary N) is 3. The minimum Gasteiger partial charge on any atom is -0.444 e. The topological polar surface area (TPSA) is 78.0 Å². The lowest BCUT2D eigenvalue weighted by atomic mass is 10.1. The number of guanidine groups is 1. The second-order valence-electron chi connectivity index (χ2n) is 8.62. The third-order valence-corrected chi connectivity index (χ3v) is 4.75. The summed E-state index contributed by atoms with van der Waals surface area (Å²) in [5.74, 6) is 0.799. The molecule has 1 fully saturated rings. The van der Waals surface area contributed by atoms with Crippen molar-refractivity contribution in [2.45, 2.75) is 84.3 Å². The maximum Gasteiger partial charge on any atom is 0.407 e. The van der Waals surface area contributed by atoms with Crippen LogP contribution in [-0.2, 0) is 4.74 Å². The van der Waals surface area contributed by atoms with Gasteiger partial charge in [0.2, 0.25) is 0 Å². The lowest BCUT2D eigenvalue weighted by molar-refractivity contribution is 0.0523. The Morgan fingerprint density at radius 1 is 1.14 bits per heavy atom.